The van der Waals surface area contributed by atoms with E-state index < -0.39 is 6.17 Å². The predicted octanol–water partition coefficient (Wildman–Crippen LogP) is 2.24. The number of benzene rings is 2. The van der Waals surface area contributed by atoms with Crippen LogP contribution in [0, 0.1) is 5.92 Å². The average Bonchev–Trinajstić information content (AvgIpc) is 3.32. The molecule has 0 spiro atoms. The van der Waals surface area contributed by atoms with E-state index in [4.69, 9.17) is 25.8 Å². The molecule has 1 fully saturated rings. The van der Waals surface area contributed by atoms with E-state index in [1.807, 2.05) is 0 Å². The molecule has 0 saturated carbocycles. The summed E-state index contributed by atoms with van der Waals surface area (Å²) in [5.74, 6) is 1.05. The summed E-state index contributed by atoms with van der Waals surface area (Å²) < 4.78 is 16.3. The van der Waals surface area contributed by atoms with Crippen molar-refractivity contribution in [3.8, 4) is 17.2 Å². The van der Waals surface area contributed by atoms with Gasteiger partial charge in [-0.1, -0.05) is 23.4 Å². The topological polar surface area (TPSA) is 114 Å². The number of nitrogens with one attached hydrogen (secondary N) is 3. The summed E-state index contributed by atoms with van der Waals surface area (Å²) >= 11 is 7.48. The van der Waals surface area contributed by atoms with Crippen molar-refractivity contribution in [1.82, 2.24) is 10.9 Å². The van der Waals surface area contributed by atoms with Gasteiger partial charge in [0.25, 0.3) is 0 Å². The Morgan fingerprint density at radius 2 is 2.09 bits per heavy atom. The van der Waals surface area contributed by atoms with Gasteiger partial charge in [0.15, 0.2) is 16.7 Å². The van der Waals surface area contributed by atoms with Gasteiger partial charge >= 0.3 is 0 Å². The summed E-state index contributed by atoms with van der Waals surface area (Å²) in [7, 11) is 1.52. The molecular weight excluding hydrogens is 482 g/mol. The Bertz CT molecular complexity index is 1160. The molecule has 0 aliphatic carbocycles. The highest BCUT2D eigenvalue weighted by Crippen LogP contribution is 2.35. The number of carbonyl (C=O) groups is 2. The van der Waals surface area contributed by atoms with Gasteiger partial charge in [-0.2, -0.15) is 0 Å². The quantitative estimate of drug-likeness (QED) is 0.569. The number of rotatable bonds is 5. The number of amidine groups is 1. The number of fused-ring (bicyclic) bond motifs is 2. The van der Waals surface area contributed by atoms with Crippen LogP contribution in [0.15, 0.2) is 41.4 Å². The zero-order chi connectivity index (χ0) is 23.7. The van der Waals surface area contributed by atoms with Gasteiger partial charge in [0, 0.05) is 18.3 Å². The fourth-order valence-corrected chi connectivity index (χ4v) is 4.95. The summed E-state index contributed by atoms with van der Waals surface area (Å²) in [6, 6.07) is 10.3. The van der Waals surface area contributed by atoms with Crippen LogP contribution in [0.4, 0.5) is 11.4 Å². The van der Waals surface area contributed by atoms with Crippen LogP contribution in [0.2, 0.25) is 5.02 Å². The number of hydrogen-bond donors (Lipinski definition) is 3. The van der Waals surface area contributed by atoms with Crippen molar-refractivity contribution < 1.29 is 23.8 Å². The Morgan fingerprint density at radius 3 is 2.88 bits per heavy atom. The lowest BCUT2D eigenvalue weighted by atomic mass is 10.0. The van der Waals surface area contributed by atoms with Crippen molar-refractivity contribution >= 4 is 51.7 Å². The lowest BCUT2D eigenvalue weighted by Gasteiger charge is -2.32. The van der Waals surface area contributed by atoms with E-state index in [1.54, 1.807) is 36.4 Å². The van der Waals surface area contributed by atoms with Crippen molar-refractivity contribution in [3.05, 3.63) is 41.4 Å². The molecular formula is C22H22ClN5O5S. The fourth-order valence-electron chi connectivity index (χ4n) is 3.85. The predicted molar refractivity (Wildman–Crippen MR) is 130 cm³/mol. The average molecular weight is 504 g/mol. The molecule has 2 amide bonds. The number of anilines is 2. The number of carbonyl (C=O) groups excluding carboxylic acids is 2. The minimum absolute atomic E-state index is 0.0474. The second-order valence-corrected chi connectivity index (χ2v) is 9.03. The molecule has 3 heterocycles. The van der Waals surface area contributed by atoms with Crippen LogP contribution in [-0.2, 0) is 9.59 Å². The van der Waals surface area contributed by atoms with E-state index >= 15 is 0 Å². The molecule has 3 aliphatic rings. The van der Waals surface area contributed by atoms with Gasteiger partial charge in [0.2, 0.25) is 11.8 Å². The van der Waals surface area contributed by atoms with Gasteiger partial charge < -0.3 is 19.5 Å². The summed E-state index contributed by atoms with van der Waals surface area (Å²) in [5.41, 5.74) is 7.13. The first kappa shape index (κ1) is 22.8. The molecule has 12 heteroatoms. The third-order valence-electron chi connectivity index (χ3n) is 5.48. The summed E-state index contributed by atoms with van der Waals surface area (Å²) in [5, 5.41) is 3.63. The van der Waals surface area contributed by atoms with Crippen molar-refractivity contribution in [2.75, 3.05) is 42.8 Å². The third-order valence-corrected chi connectivity index (χ3v) is 6.73. The van der Waals surface area contributed by atoms with Crippen LogP contribution in [0.1, 0.15) is 0 Å². The van der Waals surface area contributed by atoms with Crippen LogP contribution in [-0.4, -0.2) is 55.8 Å². The lowest BCUT2D eigenvalue weighted by Crippen LogP contribution is -2.49. The maximum atomic E-state index is 13.3. The first-order chi connectivity index (χ1) is 16.5. The number of thioether (sulfide) groups is 1. The van der Waals surface area contributed by atoms with Gasteiger partial charge in [-0.05, 0) is 30.3 Å². The molecule has 0 radical (unpaired) electrons. The maximum Gasteiger partial charge on any atom is 0.241 e. The van der Waals surface area contributed by atoms with Crippen LogP contribution in [0.25, 0.3) is 0 Å². The highest BCUT2D eigenvalue weighted by molar-refractivity contribution is 8.14. The number of ether oxygens (including phenoxy) is 3. The maximum absolute atomic E-state index is 13.3. The molecule has 2 aromatic rings. The molecule has 2 aromatic carbocycles. The Kier molecular flexibility index (Phi) is 6.50. The van der Waals surface area contributed by atoms with Gasteiger partial charge in [-0.3, -0.25) is 19.9 Å². The molecule has 178 valence electrons. The monoisotopic (exact) mass is 503 g/mol. The Balaban J connectivity index is 1.32. The van der Waals surface area contributed by atoms with E-state index in [1.165, 1.54) is 23.8 Å². The number of nitrogens with zero attached hydrogens (tertiary/aromatic N) is 2. The molecule has 0 aromatic heterocycles. The number of hydrogen-bond acceptors (Lipinski definition) is 9. The molecule has 1 saturated heterocycles. The highest BCUT2D eigenvalue weighted by atomic mass is 35.5. The van der Waals surface area contributed by atoms with E-state index in [-0.39, 0.29) is 23.5 Å². The van der Waals surface area contributed by atoms with Crippen molar-refractivity contribution in [1.29, 1.82) is 0 Å². The van der Waals surface area contributed by atoms with Crippen molar-refractivity contribution in [2.24, 2.45) is 10.9 Å². The Labute approximate surface area is 204 Å². The zero-order valence-electron chi connectivity index (χ0n) is 18.2. The Hall–Kier alpha value is -2.99. The summed E-state index contributed by atoms with van der Waals surface area (Å²) in [6.07, 6.45) is -0.402. The van der Waals surface area contributed by atoms with Gasteiger partial charge in [0.05, 0.1) is 29.5 Å². The normalized spacial score (nSPS) is 21.1. The molecule has 5 rings (SSSR count). The van der Waals surface area contributed by atoms with Crippen molar-refractivity contribution in [3.63, 3.8) is 0 Å². The zero-order valence-corrected chi connectivity index (χ0v) is 19.7. The standard InChI is InChI=1S/C22H22ClN5O5S/c1-31-16-5-3-13(9-15(16)23)28-21(30)14-10-24-27-20(14)26-22(28)34-11-19(29)25-12-2-4-17-18(8-12)33-7-6-32-17/h2-5,8-9,14,20,24,27H,6-7,10-11H2,1H3,(H,25,29). The SMILES string of the molecule is COc1ccc(N2C(=O)C3CNNC3N=C2SCC(=O)Nc2ccc3c(c2)OCCO3)cc1Cl. The molecule has 34 heavy (non-hydrogen) atoms. The van der Waals surface area contributed by atoms with Gasteiger partial charge in [0.1, 0.15) is 25.1 Å². The van der Waals surface area contributed by atoms with Gasteiger partial charge in [-0.25, -0.2) is 10.4 Å². The number of aliphatic imine (C=N–C) groups is 1. The fraction of sp³-hybridized carbons (Fsp3) is 0.318. The van der Waals surface area contributed by atoms with Crippen LogP contribution in [0.3, 0.4) is 0 Å². The first-order valence-corrected chi connectivity index (χ1v) is 12.0. The Morgan fingerprint density at radius 1 is 1.26 bits per heavy atom. The van der Waals surface area contributed by atoms with Crippen molar-refractivity contribution in [2.45, 2.75) is 6.17 Å². The number of halogens is 1. The molecule has 2 atom stereocenters. The number of amides is 2. The molecule has 3 N–H and O–H groups in total. The number of methoxy groups -OCH3 is 1. The van der Waals surface area contributed by atoms with Gasteiger partial charge in [-0.15, -0.1) is 0 Å². The van der Waals surface area contributed by atoms with E-state index in [2.05, 4.69) is 21.2 Å². The smallest absolute Gasteiger partial charge is 0.241 e. The highest BCUT2D eigenvalue weighted by Gasteiger charge is 2.42. The largest absolute Gasteiger partial charge is 0.495 e. The molecule has 10 nitrogen and oxygen atoms in total. The van der Waals surface area contributed by atoms with Crippen LogP contribution >= 0.6 is 23.4 Å². The first-order valence-electron chi connectivity index (χ1n) is 10.6. The second kappa shape index (κ2) is 9.71. The molecule has 0 bridgehead atoms. The minimum Gasteiger partial charge on any atom is -0.495 e. The third kappa shape index (κ3) is 4.51. The molecule has 3 aliphatic heterocycles. The lowest BCUT2D eigenvalue weighted by molar-refractivity contribution is -0.121. The van der Waals surface area contributed by atoms with E-state index in [9.17, 15) is 9.59 Å². The van der Waals surface area contributed by atoms with Crippen LogP contribution in [0.5, 0.6) is 17.2 Å². The summed E-state index contributed by atoms with van der Waals surface area (Å²) in [4.78, 5) is 32.2. The van der Waals surface area contributed by atoms with Crippen LogP contribution < -0.4 is 35.3 Å². The summed E-state index contributed by atoms with van der Waals surface area (Å²) in [6.45, 7) is 1.42. The van der Waals surface area contributed by atoms with E-state index in [0.717, 1.165) is 0 Å². The van der Waals surface area contributed by atoms with E-state index in [0.29, 0.717) is 58.6 Å². The number of hydrazine groups is 1. The second-order valence-electron chi connectivity index (χ2n) is 7.68. The minimum atomic E-state index is -0.402. The molecule has 2 unspecified atom stereocenters.